The molecule has 0 aliphatic heterocycles. The number of amidine groups is 1. The van der Waals surface area contributed by atoms with Crippen LogP contribution in [0.2, 0.25) is 0 Å². The Morgan fingerprint density at radius 2 is 1.88 bits per heavy atom. The van der Waals surface area contributed by atoms with Crippen LogP contribution >= 0.6 is 11.3 Å². The molecular formula is C41H54N8O7S2. The van der Waals surface area contributed by atoms with Gasteiger partial charge in [-0.3, -0.25) is 9.23 Å². The van der Waals surface area contributed by atoms with E-state index < -0.39 is 21.8 Å². The maximum absolute atomic E-state index is 12.6. The van der Waals surface area contributed by atoms with Gasteiger partial charge in [0.15, 0.2) is 11.5 Å². The van der Waals surface area contributed by atoms with Crippen molar-refractivity contribution in [3.63, 3.8) is 0 Å². The number of hydrogen-bond donors (Lipinski definition) is 6. The number of aliphatic hydroxyl groups excluding tert-OH is 1. The summed E-state index contributed by atoms with van der Waals surface area (Å²) in [5.41, 5.74) is 14.9. The summed E-state index contributed by atoms with van der Waals surface area (Å²) in [5, 5.41) is 29.7. The van der Waals surface area contributed by atoms with Crippen LogP contribution in [-0.2, 0) is 21.4 Å². The molecule has 3 aromatic heterocycles. The minimum atomic E-state index is -4.03. The van der Waals surface area contributed by atoms with Gasteiger partial charge in [0.05, 0.1) is 40.1 Å². The zero-order chi connectivity index (χ0) is 42.0. The zero-order valence-electron chi connectivity index (χ0n) is 33.7. The average molecular weight is 835 g/mol. The third-order valence-corrected chi connectivity index (χ3v) is 13.5. The van der Waals surface area contributed by atoms with Crippen molar-refractivity contribution in [1.82, 2.24) is 25.1 Å². The SMILES string of the molecule is CCCC1(C)CC(CC)(OCCNCCS(=O)(=O)O)CC2(Cn3ncc(-c4ccc(/C(O)=C(N)/C=C(C)\C(N)=N\c5nc6ccccc6s5)nc4C(=O)O)c3C)CC12. The predicted molar refractivity (Wildman–Crippen MR) is 227 cm³/mol. The number of allylic oxidation sites excluding steroid dienone is 1. The van der Waals surface area contributed by atoms with E-state index >= 15 is 0 Å². The number of fused-ring (bicyclic) bond motifs is 2. The molecule has 2 aliphatic rings. The number of nitrogens with one attached hydrogen (secondary N) is 1. The van der Waals surface area contributed by atoms with Gasteiger partial charge in [-0.2, -0.15) is 13.5 Å². The van der Waals surface area contributed by atoms with E-state index in [1.807, 2.05) is 35.9 Å². The van der Waals surface area contributed by atoms with E-state index in [2.05, 4.69) is 41.0 Å². The zero-order valence-corrected chi connectivity index (χ0v) is 35.3. The van der Waals surface area contributed by atoms with Crippen LogP contribution in [-0.4, -0.2) is 85.8 Å². The molecule has 0 saturated heterocycles. The highest BCUT2D eigenvalue weighted by Crippen LogP contribution is 2.73. The van der Waals surface area contributed by atoms with Crippen molar-refractivity contribution in [3.8, 4) is 11.1 Å². The molecule has 58 heavy (non-hydrogen) atoms. The molecule has 4 unspecified atom stereocenters. The molecule has 17 heteroatoms. The third-order valence-electron chi connectivity index (χ3n) is 11.9. The maximum Gasteiger partial charge on any atom is 0.355 e. The van der Waals surface area contributed by atoms with Crippen LogP contribution < -0.4 is 16.8 Å². The van der Waals surface area contributed by atoms with E-state index in [4.69, 9.17) is 25.9 Å². The number of aliphatic imine (C=N–C) groups is 1. The van der Waals surface area contributed by atoms with Gasteiger partial charge < -0.3 is 31.7 Å². The van der Waals surface area contributed by atoms with Crippen molar-refractivity contribution in [2.24, 2.45) is 33.2 Å². The van der Waals surface area contributed by atoms with Crippen LogP contribution in [0.1, 0.15) is 88.1 Å². The van der Waals surface area contributed by atoms with E-state index in [1.54, 1.807) is 19.2 Å². The fourth-order valence-corrected chi connectivity index (χ4v) is 10.3. The van der Waals surface area contributed by atoms with Crippen molar-refractivity contribution in [1.29, 1.82) is 0 Å². The van der Waals surface area contributed by atoms with Crippen LogP contribution in [0.5, 0.6) is 0 Å². The van der Waals surface area contributed by atoms with E-state index in [0.717, 1.165) is 54.4 Å². The summed E-state index contributed by atoms with van der Waals surface area (Å²) in [6, 6.07) is 10.8. The van der Waals surface area contributed by atoms with Gasteiger partial charge in [-0.15, -0.1) is 0 Å². The van der Waals surface area contributed by atoms with Gasteiger partial charge in [0.25, 0.3) is 10.1 Å². The molecule has 2 fully saturated rings. The predicted octanol–water partition coefficient (Wildman–Crippen LogP) is 6.63. The number of carboxylic acids is 1. The van der Waals surface area contributed by atoms with E-state index in [1.165, 1.54) is 23.5 Å². The van der Waals surface area contributed by atoms with Gasteiger partial charge >= 0.3 is 5.97 Å². The lowest BCUT2D eigenvalue weighted by molar-refractivity contribution is -0.124. The smallest absolute Gasteiger partial charge is 0.355 e. The molecule has 8 N–H and O–H groups in total. The second-order valence-corrected chi connectivity index (χ2v) is 18.7. The number of hydrogen-bond acceptors (Lipinski definition) is 12. The number of carbonyl (C=O) groups is 1. The van der Waals surface area contributed by atoms with E-state index in [-0.39, 0.29) is 51.6 Å². The lowest BCUT2D eigenvalue weighted by Crippen LogP contribution is -2.48. The Hall–Kier alpha value is -4.68. The average Bonchev–Trinajstić information content (AvgIpc) is 3.58. The normalized spacial score (nSPS) is 24.1. The number of para-hydroxylation sites is 1. The first-order chi connectivity index (χ1) is 27.4. The van der Waals surface area contributed by atoms with Crippen LogP contribution in [0.3, 0.4) is 0 Å². The van der Waals surface area contributed by atoms with Crippen LogP contribution in [0.15, 0.2) is 64.9 Å². The minimum Gasteiger partial charge on any atom is -0.504 e. The Morgan fingerprint density at radius 1 is 1.12 bits per heavy atom. The van der Waals surface area contributed by atoms with Gasteiger partial charge in [-0.1, -0.05) is 50.7 Å². The molecule has 3 heterocycles. The number of carboxylic acid groups (broad SMARTS) is 1. The lowest BCUT2D eigenvalue weighted by Gasteiger charge is -2.49. The number of nitrogens with zero attached hydrogens (tertiary/aromatic N) is 5. The first kappa shape index (κ1) is 42.9. The van der Waals surface area contributed by atoms with Crippen molar-refractivity contribution >= 4 is 54.4 Å². The summed E-state index contributed by atoms with van der Waals surface area (Å²) in [7, 11) is -4.03. The topological polar surface area (TPSA) is 241 Å². The van der Waals surface area contributed by atoms with Crippen molar-refractivity contribution in [2.45, 2.75) is 85.3 Å². The van der Waals surface area contributed by atoms with Crippen molar-refractivity contribution < 1.29 is 32.7 Å². The summed E-state index contributed by atoms with van der Waals surface area (Å²) in [6.07, 6.45) is 8.86. The number of aliphatic hydroxyl groups is 1. The summed E-state index contributed by atoms with van der Waals surface area (Å²) in [4.78, 5) is 25.9. The summed E-state index contributed by atoms with van der Waals surface area (Å²) in [6.45, 7) is 12.0. The monoisotopic (exact) mass is 834 g/mol. The number of thiazole rings is 1. The molecule has 15 nitrogen and oxygen atoms in total. The molecule has 1 aromatic carbocycles. The van der Waals surface area contributed by atoms with Crippen LogP contribution in [0.25, 0.3) is 27.1 Å². The highest BCUT2D eigenvalue weighted by molar-refractivity contribution is 7.85. The fraction of sp³-hybridized carbons (Fsp3) is 0.488. The molecule has 4 aromatic rings. The summed E-state index contributed by atoms with van der Waals surface area (Å²) >= 11 is 1.39. The Morgan fingerprint density at radius 3 is 2.57 bits per heavy atom. The summed E-state index contributed by atoms with van der Waals surface area (Å²) in [5.74, 6) is -1.39. The highest BCUT2D eigenvalue weighted by atomic mass is 32.2. The Labute approximate surface area is 343 Å². The molecule has 6 rings (SSSR count). The van der Waals surface area contributed by atoms with Gasteiger partial charge in [-0.25, -0.2) is 19.8 Å². The number of benzene rings is 1. The largest absolute Gasteiger partial charge is 0.504 e. The maximum atomic E-state index is 12.6. The van der Waals surface area contributed by atoms with Gasteiger partial charge in [0.2, 0.25) is 5.13 Å². The minimum absolute atomic E-state index is 0.0175. The molecule has 0 amide bonds. The van der Waals surface area contributed by atoms with E-state index in [0.29, 0.717) is 47.4 Å². The molecule has 4 atom stereocenters. The van der Waals surface area contributed by atoms with Crippen molar-refractivity contribution in [3.05, 3.63) is 77.0 Å². The van der Waals surface area contributed by atoms with Crippen molar-refractivity contribution in [2.75, 3.05) is 25.4 Å². The fourth-order valence-electron chi connectivity index (χ4n) is 9.04. The molecule has 2 aliphatic carbocycles. The molecule has 0 bridgehead atoms. The quantitative estimate of drug-likeness (QED) is 0.0154. The number of aromatic nitrogens is 4. The number of nitrogens with two attached hydrogens (primary N) is 2. The van der Waals surface area contributed by atoms with Gasteiger partial charge in [0.1, 0.15) is 11.5 Å². The third kappa shape index (κ3) is 9.28. The second-order valence-electron chi connectivity index (χ2n) is 16.1. The lowest BCUT2D eigenvalue weighted by atomic mass is 9.62. The summed E-state index contributed by atoms with van der Waals surface area (Å²) < 4.78 is 40.9. The highest BCUT2D eigenvalue weighted by Gasteiger charge is 2.68. The van der Waals surface area contributed by atoms with Crippen LogP contribution in [0.4, 0.5) is 5.13 Å². The molecule has 0 spiro atoms. The molecule has 312 valence electrons. The van der Waals surface area contributed by atoms with Crippen LogP contribution in [0, 0.1) is 23.7 Å². The van der Waals surface area contributed by atoms with E-state index in [9.17, 15) is 23.4 Å². The molecule has 0 radical (unpaired) electrons. The first-order valence-corrected chi connectivity index (χ1v) is 22.0. The number of rotatable bonds is 18. The number of ether oxygens (including phenoxy) is 1. The van der Waals surface area contributed by atoms with Gasteiger partial charge in [0, 0.05) is 36.5 Å². The number of pyridine rings is 1. The Kier molecular flexibility index (Phi) is 12.5. The molecular weight excluding hydrogens is 781 g/mol. The standard InChI is InChI=1S/C41H54N8O7S2/c1-6-14-39(5)22-41(7-2,56-17-15-44-16-18-58(53,54)55)23-40(20-33(39)40)24-49-26(4)28(21-45-49)27-12-13-31(46-34(27)37(51)52)35(50)29(42)19-25(3)36(43)48-38-47-30-10-8-9-11-32(30)57-38/h8-13,19,21,33,44,50H,6-7,14-18,20,22-24,42H2,1-5H3,(H,51,52)(H2,43,47,48)(H,53,54,55)/b25-19-,35-29+. The Bertz CT molecular complexity index is 2360. The first-order valence-electron chi connectivity index (χ1n) is 19.6. The second kappa shape index (κ2) is 16.9. The molecule has 2 saturated carbocycles. The number of aromatic carboxylic acids is 1. The Balaban J connectivity index is 1.21. The van der Waals surface area contributed by atoms with Gasteiger partial charge in [-0.05, 0) is 98.6 Å².